The van der Waals surface area contributed by atoms with Crippen LogP contribution in [0.1, 0.15) is 18.9 Å². The molecule has 16 heavy (non-hydrogen) atoms. The molecule has 3 heteroatoms. The van der Waals surface area contributed by atoms with Gasteiger partial charge in [-0.3, -0.25) is 4.98 Å². The summed E-state index contributed by atoms with van der Waals surface area (Å²) in [6.45, 7) is 1.64. The molecule has 1 aromatic heterocycles. The van der Waals surface area contributed by atoms with E-state index < -0.39 is 5.60 Å². The van der Waals surface area contributed by atoms with Crippen LogP contribution >= 0.6 is 0 Å². The predicted octanol–water partition coefficient (Wildman–Crippen LogP) is 2.03. The molecule has 2 rings (SSSR count). The van der Waals surface area contributed by atoms with Gasteiger partial charge in [0.15, 0.2) is 0 Å². The Bertz CT molecular complexity index is 515. The van der Waals surface area contributed by atoms with Gasteiger partial charge in [-0.25, -0.2) is 0 Å². The summed E-state index contributed by atoms with van der Waals surface area (Å²) >= 11 is 0. The van der Waals surface area contributed by atoms with Gasteiger partial charge in [-0.15, -0.1) is 0 Å². The van der Waals surface area contributed by atoms with Crippen molar-refractivity contribution in [1.29, 1.82) is 0 Å². The predicted molar refractivity (Wildman–Crippen MR) is 62.0 cm³/mol. The maximum absolute atomic E-state index is 10.6. The Morgan fingerprint density at radius 2 is 2.25 bits per heavy atom. The summed E-state index contributed by atoms with van der Waals surface area (Å²) in [5, 5.41) is 12.1. The smallest absolute Gasteiger partial charge is 0.123 e. The number of carbonyl (C=O) groups is 1. The van der Waals surface area contributed by atoms with Gasteiger partial charge in [0.05, 0.1) is 5.60 Å². The van der Waals surface area contributed by atoms with E-state index in [0.717, 1.165) is 22.6 Å². The molecule has 0 fully saturated rings. The molecular weight excluding hydrogens is 202 g/mol. The quantitative estimate of drug-likeness (QED) is 0.797. The molecule has 2 aromatic rings. The van der Waals surface area contributed by atoms with Crippen LogP contribution in [0.4, 0.5) is 0 Å². The van der Waals surface area contributed by atoms with Crippen LogP contribution in [0.15, 0.2) is 36.7 Å². The zero-order valence-electron chi connectivity index (χ0n) is 9.05. The molecule has 0 spiro atoms. The van der Waals surface area contributed by atoms with Gasteiger partial charge in [-0.2, -0.15) is 0 Å². The number of fused-ring (bicyclic) bond motifs is 1. The van der Waals surface area contributed by atoms with Gasteiger partial charge in [-0.05, 0) is 23.9 Å². The Kier molecular flexibility index (Phi) is 2.71. The van der Waals surface area contributed by atoms with Crippen molar-refractivity contribution in [3.8, 4) is 0 Å². The van der Waals surface area contributed by atoms with Gasteiger partial charge in [0.2, 0.25) is 0 Å². The summed E-state index contributed by atoms with van der Waals surface area (Å²) in [6, 6.07) is 7.54. The molecule has 0 radical (unpaired) electrons. The highest BCUT2D eigenvalue weighted by Crippen LogP contribution is 2.29. The Morgan fingerprint density at radius 1 is 1.44 bits per heavy atom. The number of nitrogens with zero attached hydrogens (tertiary/aromatic N) is 1. The van der Waals surface area contributed by atoms with Crippen molar-refractivity contribution in [2.45, 2.75) is 18.9 Å². The third-order valence-electron chi connectivity index (χ3n) is 2.74. The molecule has 0 saturated heterocycles. The van der Waals surface area contributed by atoms with Gasteiger partial charge >= 0.3 is 0 Å². The van der Waals surface area contributed by atoms with E-state index in [1.54, 1.807) is 19.3 Å². The van der Waals surface area contributed by atoms with E-state index in [1.807, 2.05) is 24.3 Å². The number of carbonyl (C=O) groups excluding carboxylic acids is 1. The molecule has 1 heterocycles. The minimum Gasteiger partial charge on any atom is -0.385 e. The summed E-state index contributed by atoms with van der Waals surface area (Å²) < 4.78 is 0. The summed E-state index contributed by atoms with van der Waals surface area (Å²) in [7, 11) is 0. The third-order valence-corrected chi connectivity index (χ3v) is 2.74. The molecule has 1 atom stereocenters. The highest BCUT2D eigenvalue weighted by molar-refractivity contribution is 5.85. The summed E-state index contributed by atoms with van der Waals surface area (Å²) in [5.41, 5.74) is -0.394. The average molecular weight is 215 g/mol. The lowest BCUT2D eigenvalue weighted by atomic mass is 9.89. The molecule has 1 unspecified atom stereocenters. The molecule has 0 bridgehead atoms. The first kappa shape index (κ1) is 10.8. The second-order valence-electron chi connectivity index (χ2n) is 4.05. The number of aliphatic hydroxyl groups is 1. The third kappa shape index (κ3) is 1.82. The first-order valence-electron chi connectivity index (χ1n) is 5.14. The van der Waals surface area contributed by atoms with Crippen LogP contribution in [-0.2, 0) is 10.4 Å². The number of pyridine rings is 1. The largest absolute Gasteiger partial charge is 0.385 e. The number of aromatic nitrogens is 1. The minimum atomic E-state index is -1.13. The van der Waals surface area contributed by atoms with Crippen LogP contribution in [0.2, 0.25) is 0 Å². The maximum Gasteiger partial charge on any atom is 0.123 e. The van der Waals surface area contributed by atoms with Gasteiger partial charge in [-0.1, -0.05) is 18.2 Å². The van der Waals surface area contributed by atoms with Crippen LogP contribution in [-0.4, -0.2) is 16.4 Å². The Hall–Kier alpha value is -1.74. The second-order valence-corrected chi connectivity index (χ2v) is 4.05. The maximum atomic E-state index is 10.6. The molecule has 1 aromatic carbocycles. The second kappa shape index (κ2) is 4.02. The van der Waals surface area contributed by atoms with E-state index in [4.69, 9.17) is 0 Å². The van der Waals surface area contributed by atoms with Crippen molar-refractivity contribution in [2.24, 2.45) is 0 Å². The Balaban J connectivity index is 2.64. The molecule has 3 nitrogen and oxygen atoms in total. The number of hydrogen-bond acceptors (Lipinski definition) is 3. The normalized spacial score (nSPS) is 14.6. The van der Waals surface area contributed by atoms with Gasteiger partial charge < -0.3 is 9.90 Å². The van der Waals surface area contributed by atoms with E-state index in [-0.39, 0.29) is 6.42 Å². The van der Waals surface area contributed by atoms with Crippen molar-refractivity contribution < 1.29 is 9.90 Å². The van der Waals surface area contributed by atoms with Crippen molar-refractivity contribution >= 4 is 17.1 Å². The van der Waals surface area contributed by atoms with E-state index in [2.05, 4.69) is 4.98 Å². The number of aldehydes is 1. The van der Waals surface area contributed by atoms with Crippen LogP contribution in [0.3, 0.4) is 0 Å². The summed E-state index contributed by atoms with van der Waals surface area (Å²) in [4.78, 5) is 14.6. The van der Waals surface area contributed by atoms with E-state index in [9.17, 15) is 9.90 Å². The Morgan fingerprint density at radius 3 is 3.00 bits per heavy atom. The standard InChI is InChI=1S/C13H13NO2/c1-13(16,6-8-15)12-4-2-3-10-5-7-14-9-11(10)12/h2-5,7-9,16H,6H2,1H3. The molecule has 0 aliphatic carbocycles. The lowest BCUT2D eigenvalue weighted by Crippen LogP contribution is -2.21. The Labute approximate surface area is 93.7 Å². The fourth-order valence-electron chi connectivity index (χ4n) is 1.86. The van der Waals surface area contributed by atoms with Crippen molar-refractivity contribution in [1.82, 2.24) is 4.98 Å². The average Bonchev–Trinajstić information content (AvgIpc) is 2.28. The first-order valence-corrected chi connectivity index (χ1v) is 5.14. The SMILES string of the molecule is CC(O)(CC=O)c1cccc2ccncc12. The van der Waals surface area contributed by atoms with Crippen LogP contribution < -0.4 is 0 Å². The van der Waals surface area contributed by atoms with Gasteiger partial charge in [0, 0.05) is 24.2 Å². The molecule has 1 N–H and O–H groups in total. The van der Waals surface area contributed by atoms with Crippen LogP contribution in [0.25, 0.3) is 10.8 Å². The fraction of sp³-hybridized carbons (Fsp3) is 0.231. The van der Waals surface area contributed by atoms with E-state index in [0.29, 0.717) is 0 Å². The lowest BCUT2D eigenvalue weighted by Gasteiger charge is -2.22. The van der Waals surface area contributed by atoms with Crippen molar-refractivity contribution in [2.75, 3.05) is 0 Å². The van der Waals surface area contributed by atoms with Crippen molar-refractivity contribution in [3.05, 3.63) is 42.2 Å². The van der Waals surface area contributed by atoms with Crippen molar-refractivity contribution in [3.63, 3.8) is 0 Å². The summed E-state index contributed by atoms with van der Waals surface area (Å²) in [6.07, 6.45) is 4.24. The molecule has 0 amide bonds. The highest BCUT2D eigenvalue weighted by atomic mass is 16.3. The van der Waals surface area contributed by atoms with Crippen LogP contribution in [0, 0.1) is 0 Å². The zero-order valence-corrected chi connectivity index (χ0v) is 9.05. The van der Waals surface area contributed by atoms with E-state index >= 15 is 0 Å². The highest BCUT2D eigenvalue weighted by Gasteiger charge is 2.24. The fourth-order valence-corrected chi connectivity index (χ4v) is 1.86. The summed E-state index contributed by atoms with van der Waals surface area (Å²) in [5.74, 6) is 0. The number of benzene rings is 1. The first-order chi connectivity index (χ1) is 7.65. The van der Waals surface area contributed by atoms with E-state index in [1.165, 1.54) is 0 Å². The topological polar surface area (TPSA) is 50.2 Å². The van der Waals surface area contributed by atoms with Crippen LogP contribution in [0.5, 0.6) is 0 Å². The molecule has 82 valence electrons. The molecule has 0 saturated carbocycles. The number of hydrogen-bond donors (Lipinski definition) is 1. The molecule has 0 aliphatic rings. The lowest BCUT2D eigenvalue weighted by molar-refractivity contribution is -0.112. The molecule has 0 aliphatic heterocycles. The van der Waals surface area contributed by atoms with Gasteiger partial charge in [0.25, 0.3) is 0 Å². The molecular formula is C13H13NO2. The minimum absolute atomic E-state index is 0.0843. The zero-order chi connectivity index (χ0) is 11.6. The number of rotatable bonds is 3. The van der Waals surface area contributed by atoms with Gasteiger partial charge in [0.1, 0.15) is 6.29 Å². The monoisotopic (exact) mass is 215 g/mol.